The minimum absolute atomic E-state index is 0.339. The summed E-state index contributed by atoms with van der Waals surface area (Å²) in [6.07, 6.45) is 0. The van der Waals surface area contributed by atoms with Crippen molar-refractivity contribution in [3.05, 3.63) is 108 Å². The van der Waals surface area contributed by atoms with Crippen LogP contribution in [0.2, 0.25) is 0 Å². The maximum absolute atomic E-state index is 12.9. The number of hydrogen-bond acceptors (Lipinski definition) is 5. The van der Waals surface area contributed by atoms with Crippen LogP contribution in [0.1, 0.15) is 44.4 Å². The summed E-state index contributed by atoms with van der Waals surface area (Å²) in [7, 11) is 0. The van der Waals surface area contributed by atoms with Crippen LogP contribution in [0, 0.1) is 0 Å². The Morgan fingerprint density at radius 2 is 1.23 bits per heavy atom. The number of carbonyl (C=O) groups is 2. The number of esters is 1. The fraction of sp³-hybridized carbons (Fsp3) is 0.310. The zero-order valence-corrected chi connectivity index (χ0v) is 21.5. The Kier molecular flexibility index (Phi) is 8.76. The van der Waals surface area contributed by atoms with E-state index in [2.05, 4.69) is 41.7 Å². The van der Waals surface area contributed by atoms with Crippen LogP contribution < -0.4 is 11.1 Å². The number of carbonyl (C=O) groups excluding carboxylic acids is 2. The topological polar surface area (TPSA) is 81.4 Å². The van der Waals surface area contributed by atoms with E-state index in [0.29, 0.717) is 5.75 Å². The highest BCUT2D eigenvalue weighted by Crippen LogP contribution is 2.48. The zero-order valence-electron chi connectivity index (χ0n) is 20.7. The Labute approximate surface area is 212 Å². The highest BCUT2D eigenvalue weighted by molar-refractivity contribution is 8.00. The molecular weight excluding hydrogens is 456 g/mol. The second-order valence-electron chi connectivity index (χ2n) is 9.46. The van der Waals surface area contributed by atoms with Crippen molar-refractivity contribution < 1.29 is 14.3 Å². The first-order valence-corrected chi connectivity index (χ1v) is 12.7. The van der Waals surface area contributed by atoms with Crippen molar-refractivity contribution in [2.75, 3.05) is 5.75 Å². The molecule has 5 nitrogen and oxygen atoms in total. The highest BCUT2D eigenvalue weighted by atomic mass is 32.2. The van der Waals surface area contributed by atoms with Crippen molar-refractivity contribution in [3.8, 4) is 0 Å². The van der Waals surface area contributed by atoms with E-state index in [0.717, 1.165) is 16.7 Å². The Bertz CT molecular complexity index is 1000. The molecule has 0 saturated heterocycles. The van der Waals surface area contributed by atoms with Gasteiger partial charge in [-0.3, -0.25) is 4.79 Å². The van der Waals surface area contributed by atoms with E-state index in [9.17, 15) is 9.59 Å². The number of hydrogen-bond donors (Lipinski definition) is 2. The summed E-state index contributed by atoms with van der Waals surface area (Å²) in [5, 5.41) is 2.71. The van der Waals surface area contributed by atoms with E-state index in [1.54, 1.807) is 39.5 Å². The quantitative estimate of drug-likeness (QED) is 0.330. The molecule has 2 atom stereocenters. The fourth-order valence-electron chi connectivity index (χ4n) is 3.83. The van der Waals surface area contributed by atoms with Gasteiger partial charge >= 0.3 is 5.97 Å². The molecule has 3 aromatic rings. The van der Waals surface area contributed by atoms with E-state index in [-0.39, 0.29) is 5.91 Å². The maximum atomic E-state index is 12.9. The van der Waals surface area contributed by atoms with Crippen LogP contribution in [0.5, 0.6) is 0 Å². The van der Waals surface area contributed by atoms with Crippen molar-refractivity contribution in [1.29, 1.82) is 0 Å². The van der Waals surface area contributed by atoms with E-state index >= 15 is 0 Å². The van der Waals surface area contributed by atoms with Crippen molar-refractivity contribution >= 4 is 23.6 Å². The van der Waals surface area contributed by atoms with Crippen molar-refractivity contribution in [2.45, 2.75) is 50.1 Å². The first-order chi connectivity index (χ1) is 16.6. The van der Waals surface area contributed by atoms with E-state index in [1.807, 2.05) is 54.6 Å². The number of ether oxygens (including phenoxy) is 1. The largest absolute Gasteiger partial charge is 0.458 e. The molecule has 0 heterocycles. The van der Waals surface area contributed by atoms with Gasteiger partial charge in [-0.2, -0.15) is 0 Å². The molecule has 6 heteroatoms. The van der Waals surface area contributed by atoms with Gasteiger partial charge in [0.25, 0.3) is 0 Å². The summed E-state index contributed by atoms with van der Waals surface area (Å²) >= 11 is 1.61. The molecule has 1 amide bonds. The van der Waals surface area contributed by atoms with Crippen molar-refractivity contribution in [3.63, 3.8) is 0 Å². The van der Waals surface area contributed by atoms with Gasteiger partial charge in [0.1, 0.15) is 11.6 Å². The molecule has 0 saturated carbocycles. The van der Waals surface area contributed by atoms with Crippen LogP contribution in [0.25, 0.3) is 0 Å². The first kappa shape index (κ1) is 26.5. The van der Waals surface area contributed by atoms with Crippen LogP contribution in [-0.4, -0.2) is 35.3 Å². The second kappa shape index (κ2) is 11.6. The van der Waals surface area contributed by atoms with Crippen LogP contribution in [0.4, 0.5) is 0 Å². The highest BCUT2D eigenvalue weighted by Gasteiger charge is 2.38. The lowest BCUT2D eigenvalue weighted by molar-refractivity contribution is -0.158. The summed E-state index contributed by atoms with van der Waals surface area (Å²) in [6.45, 7) is 6.97. The minimum atomic E-state index is -0.819. The molecule has 0 spiro atoms. The fourth-order valence-corrected chi connectivity index (χ4v) is 5.32. The lowest BCUT2D eigenvalue weighted by Gasteiger charge is -2.36. The van der Waals surface area contributed by atoms with Gasteiger partial charge in [-0.1, -0.05) is 91.0 Å². The molecule has 0 radical (unpaired) electrons. The number of benzene rings is 3. The lowest BCUT2D eigenvalue weighted by Crippen LogP contribution is -2.50. The number of nitrogens with one attached hydrogen (secondary N) is 1. The minimum Gasteiger partial charge on any atom is -0.458 e. The average Bonchev–Trinajstić information content (AvgIpc) is 2.85. The first-order valence-electron chi connectivity index (χ1n) is 11.7. The predicted octanol–water partition coefficient (Wildman–Crippen LogP) is 4.89. The number of thioether (sulfide) groups is 1. The Morgan fingerprint density at radius 1 is 0.829 bits per heavy atom. The molecule has 0 unspecified atom stereocenters. The second-order valence-corrected chi connectivity index (χ2v) is 10.7. The van der Waals surface area contributed by atoms with Gasteiger partial charge in [-0.05, 0) is 44.4 Å². The summed E-state index contributed by atoms with van der Waals surface area (Å²) in [6, 6.07) is 29.1. The molecule has 3 rings (SSSR count). The van der Waals surface area contributed by atoms with E-state index in [1.165, 1.54) is 0 Å². The summed E-state index contributed by atoms with van der Waals surface area (Å²) in [4.78, 5) is 25.2. The van der Waals surface area contributed by atoms with Crippen LogP contribution in [0.3, 0.4) is 0 Å². The molecule has 3 N–H and O–H groups in total. The number of nitrogens with two attached hydrogens (primary N) is 1. The SMILES string of the molecule is C[C@H](NC(=O)[C@@H](N)CSC(c1ccccc1)(c1ccccc1)c1ccccc1)C(=O)OC(C)(C)C. The lowest BCUT2D eigenvalue weighted by atomic mass is 9.84. The standard InChI is InChI=1S/C29H34N2O3S/c1-21(27(33)34-28(2,3)4)31-26(32)25(30)20-35-29(22-14-8-5-9-15-22,23-16-10-6-11-17-23)24-18-12-7-13-19-24/h5-19,21,25H,20,30H2,1-4H3,(H,31,32)/t21-,25-/m0/s1. The molecule has 3 aromatic carbocycles. The third-order valence-corrected chi connectivity index (χ3v) is 7.14. The van der Waals surface area contributed by atoms with Crippen molar-refractivity contribution in [2.24, 2.45) is 5.73 Å². The van der Waals surface area contributed by atoms with Crippen LogP contribution in [0.15, 0.2) is 91.0 Å². The van der Waals surface area contributed by atoms with Gasteiger partial charge in [0.2, 0.25) is 5.91 Å². The monoisotopic (exact) mass is 490 g/mol. The van der Waals surface area contributed by atoms with Gasteiger partial charge in [-0.25, -0.2) is 4.79 Å². The number of rotatable bonds is 9. The van der Waals surface area contributed by atoms with Gasteiger partial charge in [0.05, 0.1) is 10.8 Å². The third kappa shape index (κ3) is 6.74. The molecule has 184 valence electrons. The molecule has 35 heavy (non-hydrogen) atoms. The average molecular weight is 491 g/mol. The summed E-state index contributed by atoms with van der Waals surface area (Å²) in [5.41, 5.74) is 9.00. The zero-order chi connectivity index (χ0) is 25.5. The molecule has 0 bridgehead atoms. The third-order valence-electron chi connectivity index (χ3n) is 5.48. The molecule has 0 aliphatic rings. The van der Waals surface area contributed by atoms with Crippen LogP contribution >= 0.6 is 11.8 Å². The Hall–Kier alpha value is -3.09. The molecular formula is C29H34N2O3S. The van der Waals surface area contributed by atoms with Gasteiger partial charge in [0.15, 0.2) is 0 Å². The number of amides is 1. The van der Waals surface area contributed by atoms with Crippen LogP contribution in [-0.2, 0) is 19.1 Å². The van der Waals surface area contributed by atoms with Gasteiger partial charge in [0, 0.05) is 5.75 Å². The van der Waals surface area contributed by atoms with Crippen molar-refractivity contribution in [1.82, 2.24) is 5.32 Å². The molecule has 0 aliphatic carbocycles. The van der Waals surface area contributed by atoms with E-state index in [4.69, 9.17) is 10.5 Å². The summed E-state index contributed by atoms with van der Waals surface area (Å²) in [5.74, 6) is -0.539. The maximum Gasteiger partial charge on any atom is 0.328 e. The molecule has 0 aromatic heterocycles. The van der Waals surface area contributed by atoms with E-state index < -0.39 is 28.4 Å². The van der Waals surface area contributed by atoms with Gasteiger partial charge < -0.3 is 15.8 Å². The Balaban J connectivity index is 1.88. The molecule has 0 fully saturated rings. The normalized spacial score (nSPS) is 13.5. The predicted molar refractivity (Wildman–Crippen MR) is 143 cm³/mol. The summed E-state index contributed by atoms with van der Waals surface area (Å²) < 4.78 is 4.80. The molecule has 0 aliphatic heterocycles. The Morgan fingerprint density at radius 3 is 1.60 bits per heavy atom. The van der Waals surface area contributed by atoms with Gasteiger partial charge in [-0.15, -0.1) is 11.8 Å². The smallest absolute Gasteiger partial charge is 0.328 e.